The third-order valence-corrected chi connectivity index (χ3v) is 2.98. The van der Waals surface area contributed by atoms with Gasteiger partial charge < -0.3 is 10.1 Å². The lowest BCUT2D eigenvalue weighted by atomic mass is 10.2. The monoisotopic (exact) mass is 274 g/mol. The van der Waals surface area contributed by atoms with Gasteiger partial charge >= 0.3 is 5.97 Å². The first-order chi connectivity index (χ1) is 9.60. The fourth-order valence-electron chi connectivity index (χ4n) is 1.92. The minimum atomic E-state index is -0.372. The third-order valence-electron chi connectivity index (χ3n) is 2.98. The van der Waals surface area contributed by atoms with Crippen LogP contribution in [0, 0.1) is 6.92 Å². The molecule has 0 radical (unpaired) electrons. The van der Waals surface area contributed by atoms with E-state index in [0.717, 1.165) is 17.9 Å². The lowest BCUT2D eigenvalue weighted by Crippen LogP contribution is -2.14. The topological polar surface area (TPSA) is 69.0 Å². The van der Waals surface area contributed by atoms with Crippen LogP contribution in [0.4, 0.5) is 0 Å². The molecule has 0 aliphatic rings. The van der Waals surface area contributed by atoms with Crippen molar-refractivity contribution in [2.75, 3.05) is 7.11 Å². The van der Waals surface area contributed by atoms with Crippen LogP contribution in [0.25, 0.3) is 0 Å². The van der Waals surface area contributed by atoms with Gasteiger partial charge in [0.1, 0.15) is 0 Å². The van der Waals surface area contributed by atoms with Crippen molar-refractivity contribution in [1.29, 1.82) is 0 Å². The van der Waals surface area contributed by atoms with E-state index in [9.17, 15) is 4.79 Å². The number of hydrogen-bond donors (Lipinski definition) is 1. The number of rotatable bonds is 5. The first kappa shape index (κ1) is 14.2. The van der Waals surface area contributed by atoms with E-state index in [2.05, 4.69) is 20.1 Å². The Bertz CT molecular complexity index is 590. The van der Waals surface area contributed by atoms with Gasteiger partial charge in [0.25, 0.3) is 0 Å². The SMILES string of the molecule is COC(=O)c1ccc(CNCc2cn(C)nc2C)nc1. The Balaban J connectivity index is 1.88. The Morgan fingerprint density at radius 1 is 1.40 bits per heavy atom. The molecule has 0 aromatic carbocycles. The molecule has 2 aromatic rings. The van der Waals surface area contributed by atoms with Gasteiger partial charge in [0.2, 0.25) is 0 Å². The Kier molecular flexibility index (Phi) is 4.47. The second kappa shape index (κ2) is 6.29. The van der Waals surface area contributed by atoms with E-state index in [0.29, 0.717) is 12.1 Å². The number of esters is 1. The molecule has 0 fully saturated rings. The molecule has 2 rings (SSSR count). The summed E-state index contributed by atoms with van der Waals surface area (Å²) < 4.78 is 6.43. The molecule has 6 nitrogen and oxygen atoms in total. The van der Waals surface area contributed by atoms with Crippen LogP contribution in [-0.4, -0.2) is 27.8 Å². The summed E-state index contributed by atoms with van der Waals surface area (Å²) in [6.45, 7) is 3.36. The van der Waals surface area contributed by atoms with E-state index >= 15 is 0 Å². The zero-order chi connectivity index (χ0) is 14.5. The van der Waals surface area contributed by atoms with Crippen LogP contribution < -0.4 is 5.32 Å². The van der Waals surface area contributed by atoms with Crippen LogP contribution >= 0.6 is 0 Å². The molecule has 20 heavy (non-hydrogen) atoms. The Morgan fingerprint density at radius 3 is 2.75 bits per heavy atom. The average molecular weight is 274 g/mol. The number of aryl methyl sites for hydroxylation is 2. The number of hydrogen-bond acceptors (Lipinski definition) is 5. The maximum Gasteiger partial charge on any atom is 0.339 e. The van der Waals surface area contributed by atoms with Crippen LogP contribution in [0.5, 0.6) is 0 Å². The van der Waals surface area contributed by atoms with Crippen LogP contribution in [-0.2, 0) is 24.9 Å². The number of nitrogens with zero attached hydrogens (tertiary/aromatic N) is 3. The summed E-state index contributed by atoms with van der Waals surface area (Å²) in [7, 11) is 3.26. The second-order valence-electron chi connectivity index (χ2n) is 4.55. The summed E-state index contributed by atoms with van der Waals surface area (Å²) in [6, 6.07) is 3.53. The number of pyridine rings is 1. The number of ether oxygens (including phenoxy) is 1. The van der Waals surface area contributed by atoms with Crippen molar-refractivity contribution in [3.8, 4) is 0 Å². The summed E-state index contributed by atoms with van der Waals surface area (Å²) in [4.78, 5) is 15.5. The molecule has 0 amide bonds. The molecular formula is C14H18N4O2. The molecule has 0 aliphatic carbocycles. The van der Waals surface area contributed by atoms with E-state index < -0.39 is 0 Å². The highest BCUT2D eigenvalue weighted by atomic mass is 16.5. The van der Waals surface area contributed by atoms with Crippen molar-refractivity contribution in [3.05, 3.63) is 47.0 Å². The lowest BCUT2D eigenvalue weighted by molar-refractivity contribution is 0.0600. The van der Waals surface area contributed by atoms with Crippen LogP contribution in [0.15, 0.2) is 24.5 Å². The van der Waals surface area contributed by atoms with E-state index in [4.69, 9.17) is 0 Å². The highest BCUT2D eigenvalue weighted by molar-refractivity contribution is 5.88. The zero-order valence-electron chi connectivity index (χ0n) is 11.9. The number of aromatic nitrogens is 3. The quantitative estimate of drug-likeness (QED) is 0.830. The van der Waals surface area contributed by atoms with Gasteiger partial charge in [-0.15, -0.1) is 0 Å². The van der Waals surface area contributed by atoms with E-state index in [1.165, 1.54) is 18.9 Å². The van der Waals surface area contributed by atoms with Crippen molar-refractivity contribution >= 4 is 5.97 Å². The lowest BCUT2D eigenvalue weighted by Gasteiger charge is -2.04. The first-order valence-corrected chi connectivity index (χ1v) is 6.33. The molecule has 0 saturated carbocycles. The van der Waals surface area contributed by atoms with Gasteiger partial charge in [-0.3, -0.25) is 9.67 Å². The number of methoxy groups -OCH3 is 1. The van der Waals surface area contributed by atoms with Crippen molar-refractivity contribution in [2.45, 2.75) is 20.0 Å². The summed E-state index contributed by atoms with van der Waals surface area (Å²) in [6.07, 6.45) is 3.52. The predicted molar refractivity (Wildman–Crippen MR) is 74.1 cm³/mol. The molecule has 0 spiro atoms. The third kappa shape index (κ3) is 3.42. The predicted octanol–water partition coefficient (Wildman–Crippen LogP) is 1.20. The Hall–Kier alpha value is -2.21. The molecule has 106 valence electrons. The summed E-state index contributed by atoms with van der Waals surface area (Å²) in [5.41, 5.74) is 3.52. The molecule has 0 saturated heterocycles. The van der Waals surface area contributed by atoms with E-state index in [1.807, 2.05) is 26.2 Å². The minimum absolute atomic E-state index is 0.372. The number of carbonyl (C=O) groups excluding carboxylic acids is 1. The maximum atomic E-state index is 11.3. The molecule has 0 unspecified atom stereocenters. The normalized spacial score (nSPS) is 10.6. The molecule has 0 bridgehead atoms. The molecule has 6 heteroatoms. The smallest absolute Gasteiger partial charge is 0.339 e. The minimum Gasteiger partial charge on any atom is -0.465 e. The van der Waals surface area contributed by atoms with E-state index in [1.54, 1.807) is 10.7 Å². The first-order valence-electron chi connectivity index (χ1n) is 6.33. The van der Waals surface area contributed by atoms with Crippen molar-refractivity contribution in [3.63, 3.8) is 0 Å². The highest BCUT2D eigenvalue weighted by Crippen LogP contribution is 2.05. The zero-order valence-corrected chi connectivity index (χ0v) is 11.9. The van der Waals surface area contributed by atoms with Gasteiger partial charge in [-0.1, -0.05) is 0 Å². The standard InChI is InChI=1S/C14H18N4O2/c1-10-12(9-18(2)17-10)6-15-8-13-5-4-11(7-16-13)14(19)20-3/h4-5,7,9,15H,6,8H2,1-3H3. The van der Waals surface area contributed by atoms with Crippen LogP contribution in [0.3, 0.4) is 0 Å². The van der Waals surface area contributed by atoms with Crippen molar-refractivity contribution in [2.24, 2.45) is 7.05 Å². The Morgan fingerprint density at radius 2 is 2.20 bits per heavy atom. The van der Waals surface area contributed by atoms with E-state index in [-0.39, 0.29) is 5.97 Å². The van der Waals surface area contributed by atoms with Crippen molar-refractivity contribution in [1.82, 2.24) is 20.1 Å². The summed E-state index contributed by atoms with van der Waals surface area (Å²) in [5.74, 6) is -0.372. The molecule has 2 heterocycles. The molecule has 0 atom stereocenters. The highest BCUT2D eigenvalue weighted by Gasteiger charge is 2.06. The summed E-state index contributed by atoms with van der Waals surface area (Å²) in [5, 5.41) is 7.59. The largest absolute Gasteiger partial charge is 0.465 e. The second-order valence-corrected chi connectivity index (χ2v) is 4.55. The maximum absolute atomic E-state index is 11.3. The Labute approximate surface area is 117 Å². The van der Waals surface area contributed by atoms with Crippen LogP contribution in [0.1, 0.15) is 27.3 Å². The molecular weight excluding hydrogens is 256 g/mol. The van der Waals surface area contributed by atoms with Crippen LogP contribution in [0.2, 0.25) is 0 Å². The molecule has 2 aromatic heterocycles. The van der Waals surface area contributed by atoms with Gasteiger partial charge in [0.05, 0.1) is 24.1 Å². The van der Waals surface area contributed by atoms with Gasteiger partial charge in [-0.05, 0) is 19.1 Å². The average Bonchev–Trinajstić information content (AvgIpc) is 2.77. The number of carbonyl (C=O) groups is 1. The number of nitrogens with one attached hydrogen (secondary N) is 1. The van der Waals surface area contributed by atoms with Gasteiger partial charge in [-0.2, -0.15) is 5.10 Å². The molecule has 0 aliphatic heterocycles. The fraction of sp³-hybridized carbons (Fsp3) is 0.357. The van der Waals surface area contributed by atoms with Gasteiger partial charge in [-0.25, -0.2) is 4.79 Å². The van der Waals surface area contributed by atoms with Crippen molar-refractivity contribution < 1.29 is 9.53 Å². The van der Waals surface area contributed by atoms with Gasteiger partial charge in [0.15, 0.2) is 0 Å². The fourth-order valence-corrected chi connectivity index (χ4v) is 1.92. The summed E-state index contributed by atoms with van der Waals surface area (Å²) >= 11 is 0. The molecule has 1 N–H and O–H groups in total. The van der Waals surface area contributed by atoms with Gasteiger partial charge in [0, 0.05) is 38.1 Å².